The molecule has 234 valence electrons. The molecule has 0 saturated carbocycles. The first-order valence-corrected chi connectivity index (χ1v) is 18.5. The first kappa shape index (κ1) is 35.6. The van der Waals surface area contributed by atoms with E-state index in [1.807, 2.05) is 0 Å². The summed E-state index contributed by atoms with van der Waals surface area (Å²) in [4.78, 5) is 3.67. The number of rotatable bonds is 29. The minimum absolute atomic E-state index is 0.667. The molecule has 0 fully saturated rings. The fourth-order valence-corrected chi connectivity index (χ4v) is 6.53. The maximum Gasteiger partial charge on any atom is 0.257 e. The van der Waals surface area contributed by atoms with Crippen molar-refractivity contribution in [1.82, 2.24) is 4.98 Å². The van der Waals surface area contributed by atoms with E-state index in [0.29, 0.717) is 5.92 Å². The van der Waals surface area contributed by atoms with Crippen LogP contribution in [0.4, 0.5) is 0 Å². The number of benzene rings is 1. The summed E-state index contributed by atoms with van der Waals surface area (Å²) in [6.45, 7) is 5.60. The molecule has 0 aliphatic rings. The average Bonchev–Trinajstić information content (AvgIpc) is 3.45. The van der Waals surface area contributed by atoms with E-state index in [1.54, 1.807) is 0 Å². The highest BCUT2D eigenvalue weighted by atomic mass is 15.1. The lowest BCUT2D eigenvalue weighted by molar-refractivity contribution is -0.695. The SMILES string of the molecule is CCCCCCCCCCCCCCCCCC[C@H](CCCCCCCCCC)c1[nH]cc[n+]1Cc1ccccc1. The number of nitrogens with one attached hydrogen (secondary N) is 1. The van der Waals surface area contributed by atoms with Gasteiger partial charge in [0.15, 0.2) is 0 Å². The monoisotopic (exact) mass is 566 g/mol. The Morgan fingerprint density at radius 2 is 0.902 bits per heavy atom. The molecule has 2 aromatic rings. The third-order valence-corrected chi connectivity index (χ3v) is 9.19. The number of nitrogens with zero attached hydrogens (tertiary/aromatic N) is 1. The zero-order valence-electron chi connectivity index (χ0n) is 27.7. The van der Waals surface area contributed by atoms with Crippen LogP contribution in [0.2, 0.25) is 0 Å². The molecule has 0 aliphatic carbocycles. The Balaban J connectivity index is 1.62. The second-order valence-corrected chi connectivity index (χ2v) is 13.0. The minimum Gasteiger partial charge on any atom is -0.247 e. The predicted octanol–water partition coefficient (Wildman–Crippen LogP) is 12.6. The highest BCUT2D eigenvalue weighted by molar-refractivity contribution is 5.13. The van der Waals surface area contributed by atoms with Crippen LogP contribution < -0.4 is 4.57 Å². The molecule has 1 N–H and O–H groups in total. The van der Waals surface area contributed by atoms with Crippen LogP contribution in [0.5, 0.6) is 0 Å². The van der Waals surface area contributed by atoms with Crippen molar-refractivity contribution in [3.63, 3.8) is 0 Å². The van der Waals surface area contributed by atoms with E-state index in [-0.39, 0.29) is 0 Å². The number of hydrogen-bond acceptors (Lipinski definition) is 0. The van der Waals surface area contributed by atoms with E-state index in [9.17, 15) is 0 Å². The summed E-state index contributed by atoms with van der Waals surface area (Å²) in [6, 6.07) is 11.0. The Hall–Kier alpha value is -1.57. The number of H-pyrrole nitrogens is 1. The van der Waals surface area contributed by atoms with E-state index in [2.05, 4.69) is 66.1 Å². The summed E-state index contributed by atoms with van der Waals surface area (Å²) >= 11 is 0. The number of unbranched alkanes of at least 4 members (excludes halogenated alkanes) is 22. The quantitative estimate of drug-likeness (QED) is 0.0747. The van der Waals surface area contributed by atoms with Gasteiger partial charge in [0.25, 0.3) is 5.82 Å². The Morgan fingerprint density at radius 1 is 0.512 bits per heavy atom. The molecular weight excluding hydrogens is 496 g/mol. The smallest absolute Gasteiger partial charge is 0.247 e. The Labute approximate surface area is 256 Å². The van der Waals surface area contributed by atoms with Gasteiger partial charge in [0, 0.05) is 0 Å². The van der Waals surface area contributed by atoms with Gasteiger partial charge in [-0.15, -0.1) is 0 Å². The molecule has 0 amide bonds. The van der Waals surface area contributed by atoms with Crippen molar-refractivity contribution < 1.29 is 4.57 Å². The van der Waals surface area contributed by atoms with Gasteiger partial charge in [0.1, 0.15) is 18.9 Å². The summed E-state index contributed by atoms with van der Waals surface area (Å²) in [6.07, 6.45) is 41.4. The van der Waals surface area contributed by atoms with Crippen LogP contribution in [0.3, 0.4) is 0 Å². The van der Waals surface area contributed by atoms with Crippen molar-refractivity contribution in [2.24, 2.45) is 0 Å². The Bertz CT molecular complexity index is 795. The van der Waals surface area contributed by atoms with Crippen molar-refractivity contribution in [2.75, 3.05) is 0 Å². The molecule has 41 heavy (non-hydrogen) atoms. The number of aromatic amines is 1. The Morgan fingerprint density at radius 3 is 1.32 bits per heavy atom. The van der Waals surface area contributed by atoms with Crippen LogP contribution in [0.15, 0.2) is 42.7 Å². The van der Waals surface area contributed by atoms with E-state index in [0.717, 1.165) is 6.54 Å². The van der Waals surface area contributed by atoms with Crippen LogP contribution in [-0.4, -0.2) is 4.98 Å². The van der Waals surface area contributed by atoms with Crippen LogP contribution in [0, 0.1) is 0 Å². The molecule has 0 saturated heterocycles. The van der Waals surface area contributed by atoms with E-state index in [4.69, 9.17) is 0 Å². The highest BCUT2D eigenvalue weighted by Crippen LogP contribution is 2.26. The summed E-state index contributed by atoms with van der Waals surface area (Å²) in [7, 11) is 0. The number of hydrogen-bond donors (Lipinski definition) is 1. The molecule has 1 atom stereocenters. The molecule has 0 spiro atoms. The zero-order chi connectivity index (χ0) is 29.1. The van der Waals surface area contributed by atoms with Crippen molar-refractivity contribution in [3.8, 4) is 0 Å². The second kappa shape index (κ2) is 26.1. The average molecular weight is 566 g/mol. The largest absolute Gasteiger partial charge is 0.257 e. The van der Waals surface area contributed by atoms with Crippen LogP contribution in [0.1, 0.15) is 198 Å². The van der Waals surface area contributed by atoms with Gasteiger partial charge >= 0.3 is 0 Å². The van der Waals surface area contributed by atoms with Gasteiger partial charge in [-0.3, -0.25) is 0 Å². The topological polar surface area (TPSA) is 19.7 Å². The van der Waals surface area contributed by atoms with Gasteiger partial charge in [-0.1, -0.05) is 198 Å². The normalized spacial score (nSPS) is 12.2. The summed E-state index contributed by atoms with van der Waals surface area (Å²) in [5.74, 6) is 2.12. The van der Waals surface area contributed by atoms with Gasteiger partial charge in [0.05, 0.1) is 5.92 Å². The second-order valence-electron chi connectivity index (χ2n) is 13.0. The lowest BCUT2D eigenvalue weighted by atomic mass is 9.93. The van der Waals surface area contributed by atoms with Crippen molar-refractivity contribution in [3.05, 3.63) is 54.1 Å². The maximum atomic E-state index is 3.67. The van der Waals surface area contributed by atoms with Gasteiger partial charge in [-0.05, 0) is 18.4 Å². The molecule has 0 aliphatic heterocycles. The van der Waals surface area contributed by atoms with E-state index < -0.39 is 0 Å². The van der Waals surface area contributed by atoms with Crippen molar-refractivity contribution >= 4 is 0 Å². The molecule has 2 heteroatoms. The standard InChI is InChI=1S/C39H68N2/c1-3-5-7-9-11-13-14-15-16-17-18-19-20-22-24-29-33-38(32-28-23-21-12-10-8-6-4-2)39-40-34-35-41(39)36-37-30-26-25-27-31-37/h25-27,30-31,34-35,38H,3-24,28-29,32-33,36H2,1-2H3/p+1/t38-/m0/s1. The third-order valence-electron chi connectivity index (χ3n) is 9.19. The summed E-state index contributed by atoms with van der Waals surface area (Å²) in [5, 5.41) is 0. The van der Waals surface area contributed by atoms with E-state index >= 15 is 0 Å². The van der Waals surface area contributed by atoms with Crippen molar-refractivity contribution in [1.29, 1.82) is 0 Å². The molecule has 2 rings (SSSR count). The van der Waals surface area contributed by atoms with Crippen LogP contribution >= 0.6 is 0 Å². The highest BCUT2D eigenvalue weighted by Gasteiger charge is 2.22. The molecule has 2 nitrogen and oxygen atoms in total. The van der Waals surface area contributed by atoms with Gasteiger partial charge in [-0.2, -0.15) is 0 Å². The van der Waals surface area contributed by atoms with Crippen LogP contribution in [0.25, 0.3) is 0 Å². The molecule has 1 heterocycles. The fourth-order valence-electron chi connectivity index (χ4n) is 6.53. The number of imidazole rings is 1. The van der Waals surface area contributed by atoms with Crippen molar-refractivity contribution in [2.45, 2.75) is 193 Å². The first-order valence-electron chi connectivity index (χ1n) is 18.5. The number of aromatic nitrogens is 2. The van der Waals surface area contributed by atoms with Gasteiger partial charge in [0.2, 0.25) is 0 Å². The molecule has 0 radical (unpaired) electrons. The maximum absolute atomic E-state index is 3.67. The molecule has 0 bridgehead atoms. The van der Waals surface area contributed by atoms with E-state index in [1.165, 1.54) is 178 Å². The summed E-state index contributed by atoms with van der Waals surface area (Å²) in [5.41, 5.74) is 1.39. The fraction of sp³-hybridized carbons (Fsp3) is 0.769. The van der Waals surface area contributed by atoms with Crippen LogP contribution in [-0.2, 0) is 6.54 Å². The third kappa shape index (κ3) is 18.6. The Kier molecular flexibility index (Phi) is 22.7. The van der Waals surface area contributed by atoms with Gasteiger partial charge < -0.3 is 0 Å². The predicted molar refractivity (Wildman–Crippen MR) is 181 cm³/mol. The lowest BCUT2D eigenvalue weighted by Crippen LogP contribution is -2.38. The lowest BCUT2D eigenvalue weighted by Gasteiger charge is -2.14. The zero-order valence-corrected chi connectivity index (χ0v) is 27.7. The molecule has 1 aromatic heterocycles. The molecule has 1 aromatic carbocycles. The summed E-state index contributed by atoms with van der Waals surface area (Å²) < 4.78 is 2.48. The molecular formula is C39H69N2+. The first-order chi connectivity index (χ1) is 20.3. The van der Waals surface area contributed by atoms with Gasteiger partial charge in [-0.25, -0.2) is 9.55 Å². The molecule has 0 unspecified atom stereocenters. The minimum atomic E-state index is 0.667.